The fourth-order valence-electron chi connectivity index (χ4n) is 3.18. The average molecular weight is 393 g/mol. The van der Waals surface area contributed by atoms with Crippen LogP contribution in [0.15, 0.2) is 54.6 Å². The molecule has 0 aliphatic carbocycles. The van der Waals surface area contributed by atoms with Crippen LogP contribution in [0.4, 0.5) is 0 Å². The van der Waals surface area contributed by atoms with Gasteiger partial charge in [0.25, 0.3) is 5.91 Å². The van der Waals surface area contributed by atoms with E-state index < -0.39 is 0 Å². The first-order valence-corrected chi connectivity index (χ1v) is 9.24. The number of hydrogen-bond acceptors (Lipinski definition) is 4. The van der Waals surface area contributed by atoms with E-state index in [4.69, 9.17) is 21.6 Å². The summed E-state index contributed by atoms with van der Waals surface area (Å²) in [7, 11) is 0. The van der Waals surface area contributed by atoms with Gasteiger partial charge in [-0.1, -0.05) is 35.9 Å². The Morgan fingerprint density at radius 2 is 2.04 bits per heavy atom. The Morgan fingerprint density at radius 3 is 2.86 bits per heavy atom. The number of hydrogen-bond donors (Lipinski definition) is 0. The van der Waals surface area contributed by atoms with Crippen molar-refractivity contribution in [2.75, 3.05) is 6.54 Å². The van der Waals surface area contributed by atoms with Gasteiger partial charge >= 0.3 is 0 Å². The monoisotopic (exact) mass is 392 g/mol. The van der Waals surface area contributed by atoms with E-state index in [0.29, 0.717) is 48.3 Å². The van der Waals surface area contributed by atoms with E-state index in [9.17, 15) is 4.79 Å². The zero-order valence-corrected chi connectivity index (χ0v) is 15.8. The van der Waals surface area contributed by atoms with Crippen LogP contribution in [0.25, 0.3) is 0 Å². The van der Waals surface area contributed by atoms with Crippen molar-refractivity contribution in [1.29, 1.82) is 5.26 Å². The number of halogens is 1. The Morgan fingerprint density at radius 1 is 1.18 bits per heavy atom. The van der Waals surface area contributed by atoms with Gasteiger partial charge in [0, 0.05) is 12.6 Å². The number of carbonyl (C=O) groups is 1. The second-order valence-corrected chi connectivity index (χ2v) is 6.91. The first kappa shape index (κ1) is 18.1. The highest BCUT2D eigenvalue weighted by atomic mass is 35.5. The minimum atomic E-state index is -0.0890. The first-order valence-electron chi connectivity index (χ1n) is 8.86. The molecule has 28 heavy (non-hydrogen) atoms. The quantitative estimate of drug-likeness (QED) is 0.679. The number of aromatic nitrogens is 2. The van der Waals surface area contributed by atoms with E-state index >= 15 is 0 Å². The third kappa shape index (κ3) is 3.71. The van der Waals surface area contributed by atoms with Crippen molar-refractivity contribution >= 4 is 17.5 Å². The largest absolute Gasteiger partial charge is 0.472 e. The van der Waals surface area contributed by atoms with Gasteiger partial charge in [0.15, 0.2) is 0 Å². The predicted molar refractivity (Wildman–Crippen MR) is 104 cm³/mol. The van der Waals surface area contributed by atoms with Gasteiger partial charge in [-0.2, -0.15) is 5.26 Å². The molecule has 0 radical (unpaired) electrons. The molecule has 140 valence electrons. The van der Waals surface area contributed by atoms with Crippen LogP contribution in [0.5, 0.6) is 5.88 Å². The van der Waals surface area contributed by atoms with E-state index in [2.05, 4.69) is 11.2 Å². The normalized spacial score (nSPS) is 12.9. The van der Waals surface area contributed by atoms with Crippen LogP contribution >= 0.6 is 11.6 Å². The van der Waals surface area contributed by atoms with Crippen molar-refractivity contribution in [3.63, 3.8) is 0 Å². The summed E-state index contributed by atoms with van der Waals surface area (Å²) in [4.78, 5) is 14.5. The zero-order chi connectivity index (χ0) is 19.5. The smallest absolute Gasteiger partial charge is 0.255 e. The molecule has 0 saturated heterocycles. The number of nitriles is 1. The average Bonchev–Trinajstić information content (AvgIpc) is 3.14. The SMILES string of the molecule is N#Cc1cccc(COc2cc3n(n2)CCN(C(=O)c2ccccc2Cl)C3)c1. The van der Waals surface area contributed by atoms with Crippen LogP contribution in [0, 0.1) is 11.3 Å². The Labute approximate surface area is 167 Å². The molecule has 3 aromatic rings. The van der Waals surface area contributed by atoms with Gasteiger partial charge in [-0.05, 0) is 29.8 Å². The molecule has 1 aliphatic rings. The molecule has 1 aliphatic heterocycles. The number of carbonyl (C=O) groups excluding carboxylic acids is 1. The van der Waals surface area contributed by atoms with Crippen molar-refractivity contribution in [2.45, 2.75) is 19.7 Å². The van der Waals surface area contributed by atoms with Gasteiger partial charge in [-0.3, -0.25) is 9.48 Å². The second kappa shape index (κ2) is 7.75. The Kier molecular flexibility index (Phi) is 5.00. The molecular formula is C21H17ClN4O2. The van der Waals surface area contributed by atoms with Crippen LogP contribution in [0.3, 0.4) is 0 Å². The predicted octanol–water partition coefficient (Wildman–Crippen LogP) is 3.64. The lowest BCUT2D eigenvalue weighted by molar-refractivity contribution is 0.0706. The number of fused-ring (bicyclic) bond motifs is 1. The summed E-state index contributed by atoms with van der Waals surface area (Å²) in [6.07, 6.45) is 0. The van der Waals surface area contributed by atoms with E-state index in [-0.39, 0.29) is 5.91 Å². The molecular weight excluding hydrogens is 376 g/mol. The molecule has 0 fully saturated rings. The summed E-state index contributed by atoms with van der Waals surface area (Å²) < 4.78 is 7.64. The lowest BCUT2D eigenvalue weighted by atomic mass is 10.1. The van der Waals surface area contributed by atoms with Gasteiger partial charge < -0.3 is 9.64 Å². The van der Waals surface area contributed by atoms with Gasteiger partial charge in [0.2, 0.25) is 5.88 Å². The molecule has 1 aromatic heterocycles. The maximum atomic E-state index is 12.8. The van der Waals surface area contributed by atoms with Crippen molar-refractivity contribution in [3.8, 4) is 11.9 Å². The van der Waals surface area contributed by atoms with E-state index in [1.54, 1.807) is 41.3 Å². The van der Waals surface area contributed by atoms with Crippen LogP contribution in [-0.4, -0.2) is 27.1 Å². The fourth-order valence-corrected chi connectivity index (χ4v) is 3.39. The third-order valence-electron chi connectivity index (χ3n) is 4.61. The fraction of sp³-hybridized carbons (Fsp3) is 0.190. The maximum absolute atomic E-state index is 12.8. The van der Waals surface area contributed by atoms with E-state index in [1.807, 2.05) is 22.9 Å². The summed E-state index contributed by atoms with van der Waals surface area (Å²) in [6.45, 7) is 1.93. The highest BCUT2D eigenvalue weighted by Gasteiger charge is 2.24. The molecule has 7 heteroatoms. The van der Waals surface area contributed by atoms with Gasteiger partial charge in [-0.15, -0.1) is 5.10 Å². The summed E-state index contributed by atoms with van der Waals surface area (Å²) >= 11 is 6.16. The third-order valence-corrected chi connectivity index (χ3v) is 4.94. The molecule has 2 heterocycles. The summed E-state index contributed by atoms with van der Waals surface area (Å²) in [5.41, 5.74) is 2.91. The minimum absolute atomic E-state index is 0.0890. The first-order chi connectivity index (χ1) is 13.6. The van der Waals surface area contributed by atoms with Gasteiger partial charge in [-0.25, -0.2) is 0 Å². The van der Waals surface area contributed by atoms with Crippen LogP contribution in [0.2, 0.25) is 5.02 Å². The molecule has 0 atom stereocenters. The van der Waals surface area contributed by atoms with Crippen molar-refractivity contribution in [2.24, 2.45) is 0 Å². The number of rotatable bonds is 4. The second-order valence-electron chi connectivity index (χ2n) is 6.50. The highest BCUT2D eigenvalue weighted by Crippen LogP contribution is 2.23. The number of amides is 1. The van der Waals surface area contributed by atoms with E-state index in [1.165, 1.54) is 0 Å². The summed E-state index contributed by atoms with van der Waals surface area (Å²) in [5.74, 6) is 0.415. The highest BCUT2D eigenvalue weighted by molar-refractivity contribution is 6.33. The topological polar surface area (TPSA) is 71.2 Å². The van der Waals surface area contributed by atoms with Crippen molar-refractivity contribution in [3.05, 3.63) is 82.0 Å². The Hall–Kier alpha value is -3.30. The number of ether oxygens (including phenoxy) is 1. The number of benzene rings is 2. The van der Waals surface area contributed by atoms with Crippen molar-refractivity contribution < 1.29 is 9.53 Å². The molecule has 6 nitrogen and oxygen atoms in total. The molecule has 0 unspecified atom stereocenters. The zero-order valence-electron chi connectivity index (χ0n) is 15.0. The number of nitrogens with zero attached hydrogens (tertiary/aromatic N) is 4. The molecule has 0 saturated carbocycles. The molecule has 2 aromatic carbocycles. The van der Waals surface area contributed by atoms with E-state index in [0.717, 1.165) is 11.3 Å². The summed E-state index contributed by atoms with van der Waals surface area (Å²) in [6, 6.07) is 18.3. The van der Waals surface area contributed by atoms with Crippen LogP contribution in [-0.2, 0) is 19.7 Å². The molecule has 0 bridgehead atoms. The lowest BCUT2D eigenvalue weighted by Crippen LogP contribution is -2.38. The molecule has 1 amide bonds. The molecule has 0 spiro atoms. The molecule has 0 N–H and O–H groups in total. The Balaban J connectivity index is 1.44. The Bertz CT molecular complexity index is 1070. The maximum Gasteiger partial charge on any atom is 0.255 e. The van der Waals surface area contributed by atoms with Crippen molar-refractivity contribution in [1.82, 2.24) is 14.7 Å². The summed E-state index contributed by atoms with van der Waals surface area (Å²) in [5, 5.41) is 13.9. The van der Waals surface area contributed by atoms with Crippen LogP contribution in [0.1, 0.15) is 27.2 Å². The van der Waals surface area contributed by atoms with Gasteiger partial charge in [0.05, 0.1) is 41.0 Å². The minimum Gasteiger partial charge on any atom is -0.472 e. The molecule has 4 rings (SSSR count). The standard InChI is InChI=1S/C21H17ClN4O2/c22-19-7-2-1-6-18(19)21(27)25-8-9-26-17(13-25)11-20(24-26)28-14-16-5-3-4-15(10-16)12-23/h1-7,10-11H,8-9,13-14H2. The van der Waals surface area contributed by atoms with Crippen LogP contribution < -0.4 is 4.74 Å². The lowest BCUT2D eigenvalue weighted by Gasteiger charge is -2.27. The van der Waals surface area contributed by atoms with Gasteiger partial charge in [0.1, 0.15) is 6.61 Å².